The Morgan fingerprint density at radius 1 is 1.41 bits per heavy atom. The minimum Gasteiger partial charge on any atom is -0.358 e. The summed E-state index contributed by atoms with van der Waals surface area (Å²) in [6.07, 6.45) is 3.95. The molecule has 8 heteroatoms. The van der Waals surface area contributed by atoms with Crippen LogP contribution in [0.4, 0.5) is 5.69 Å². The van der Waals surface area contributed by atoms with Crippen molar-refractivity contribution in [3.63, 3.8) is 0 Å². The average Bonchev–Trinajstić information content (AvgIpc) is 2.50. The topological polar surface area (TPSA) is 76.5 Å². The van der Waals surface area contributed by atoms with Crippen molar-refractivity contribution in [1.29, 1.82) is 0 Å². The standard InChI is InChI=1S/C14H19ClN4O3/c1-9-7-18(8-11(20)17-9)10-6-16-19(14(21)13(10)15)12-4-2-3-5-22-12/h6,9,12H,2-5,7-8H2,1H3,(H,17,20). The van der Waals surface area contributed by atoms with E-state index in [0.717, 1.165) is 19.3 Å². The molecule has 2 fully saturated rings. The van der Waals surface area contributed by atoms with Crippen molar-refractivity contribution < 1.29 is 9.53 Å². The molecule has 3 heterocycles. The first-order valence-corrected chi connectivity index (χ1v) is 7.87. The van der Waals surface area contributed by atoms with Crippen LogP contribution in [0.25, 0.3) is 0 Å². The number of nitrogens with zero attached hydrogens (tertiary/aromatic N) is 3. The van der Waals surface area contributed by atoms with Gasteiger partial charge in [0.05, 0.1) is 18.4 Å². The predicted octanol–water partition coefficient (Wildman–Crippen LogP) is 0.920. The Morgan fingerprint density at radius 2 is 2.23 bits per heavy atom. The number of aromatic nitrogens is 2. The normalized spacial score (nSPS) is 25.9. The summed E-state index contributed by atoms with van der Waals surface area (Å²) in [7, 11) is 0. The second-order valence-electron chi connectivity index (χ2n) is 5.76. The molecule has 0 bridgehead atoms. The third kappa shape index (κ3) is 2.96. The Bertz CT molecular complexity index is 627. The Balaban J connectivity index is 1.89. The van der Waals surface area contributed by atoms with Crippen LogP contribution in [0, 0.1) is 0 Å². The maximum atomic E-state index is 12.5. The van der Waals surface area contributed by atoms with Crippen LogP contribution in [0.5, 0.6) is 0 Å². The smallest absolute Gasteiger partial charge is 0.290 e. The molecule has 0 aromatic carbocycles. The first-order valence-electron chi connectivity index (χ1n) is 7.49. The minimum absolute atomic E-state index is 0.00132. The van der Waals surface area contributed by atoms with Crippen molar-refractivity contribution in [2.75, 3.05) is 24.6 Å². The quantitative estimate of drug-likeness (QED) is 0.874. The van der Waals surface area contributed by atoms with Gasteiger partial charge in [-0.3, -0.25) is 9.59 Å². The van der Waals surface area contributed by atoms with Crippen LogP contribution in [-0.2, 0) is 9.53 Å². The van der Waals surface area contributed by atoms with Gasteiger partial charge in [0.1, 0.15) is 5.02 Å². The van der Waals surface area contributed by atoms with Gasteiger partial charge in [-0.2, -0.15) is 9.78 Å². The number of amides is 1. The number of anilines is 1. The summed E-state index contributed by atoms with van der Waals surface area (Å²) in [6, 6.07) is 0.00132. The fraction of sp³-hybridized carbons (Fsp3) is 0.643. The molecule has 2 aliphatic heterocycles. The zero-order valence-corrected chi connectivity index (χ0v) is 13.2. The number of hydrogen-bond donors (Lipinski definition) is 1. The van der Waals surface area contributed by atoms with E-state index in [1.165, 1.54) is 4.68 Å². The summed E-state index contributed by atoms with van der Waals surface area (Å²) in [6.45, 7) is 3.30. The summed E-state index contributed by atoms with van der Waals surface area (Å²) in [5, 5.41) is 7.13. The fourth-order valence-electron chi connectivity index (χ4n) is 2.90. The molecule has 1 aromatic heterocycles. The lowest BCUT2D eigenvalue weighted by Gasteiger charge is -2.33. The largest absolute Gasteiger partial charge is 0.358 e. The van der Waals surface area contributed by atoms with Gasteiger partial charge in [-0.05, 0) is 26.2 Å². The Hall–Kier alpha value is -1.60. The molecule has 1 aromatic rings. The maximum Gasteiger partial charge on any atom is 0.290 e. The van der Waals surface area contributed by atoms with Gasteiger partial charge in [-0.25, -0.2) is 0 Å². The molecule has 2 saturated heterocycles. The molecule has 3 rings (SSSR count). The van der Waals surface area contributed by atoms with Crippen molar-refractivity contribution in [3.05, 3.63) is 21.6 Å². The van der Waals surface area contributed by atoms with Crippen LogP contribution in [0.3, 0.4) is 0 Å². The van der Waals surface area contributed by atoms with Crippen LogP contribution >= 0.6 is 11.6 Å². The lowest BCUT2D eigenvalue weighted by Crippen LogP contribution is -2.53. The van der Waals surface area contributed by atoms with E-state index in [1.54, 1.807) is 11.1 Å². The summed E-state index contributed by atoms with van der Waals surface area (Å²) in [4.78, 5) is 25.9. The molecule has 1 amide bonds. The van der Waals surface area contributed by atoms with Crippen molar-refractivity contribution in [2.45, 2.75) is 38.5 Å². The molecule has 2 aliphatic rings. The summed E-state index contributed by atoms with van der Waals surface area (Å²) < 4.78 is 6.89. The highest BCUT2D eigenvalue weighted by atomic mass is 35.5. The molecule has 120 valence electrons. The summed E-state index contributed by atoms with van der Waals surface area (Å²) >= 11 is 6.24. The first kappa shape index (κ1) is 15.3. The molecule has 2 atom stereocenters. The predicted molar refractivity (Wildman–Crippen MR) is 82.2 cm³/mol. The van der Waals surface area contributed by atoms with Gasteiger partial charge in [0, 0.05) is 19.2 Å². The monoisotopic (exact) mass is 326 g/mol. The molecule has 1 N–H and O–H groups in total. The number of halogens is 1. The first-order chi connectivity index (χ1) is 10.6. The molecule has 2 unspecified atom stereocenters. The molecular weight excluding hydrogens is 308 g/mol. The number of nitrogens with one attached hydrogen (secondary N) is 1. The highest BCUT2D eigenvalue weighted by Crippen LogP contribution is 2.25. The lowest BCUT2D eigenvalue weighted by atomic mass is 10.2. The Labute approximate surface area is 133 Å². The number of carbonyl (C=O) groups excluding carboxylic acids is 1. The third-order valence-corrected chi connectivity index (χ3v) is 4.29. The van der Waals surface area contributed by atoms with Gasteiger partial charge in [0.2, 0.25) is 5.91 Å². The molecule has 0 saturated carbocycles. The van der Waals surface area contributed by atoms with Gasteiger partial charge in [0.25, 0.3) is 5.56 Å². The van der Waals surface area contributed by atoms with Crippen molar-refractivity contribution in [2.24, 2.45) is 0 Å². The SMILES string of the molecule is CC1CN(c2cnn(C3CCCCO3)c(=O)c2Cl)CC(=O)N1. The fourth-order valence-corrected chi connectivity index (χ4v) is 3.15. The maximum absolute atomic E-state index is 12.5. The average molecular weight is 327 g/mol. The number of carbonyl (C=O) groups is 1. The highest BCUT2D eigenvalue weighted by Gasteiger charge is 2.26. The molecular formula is C14H19ClN4O3. The van der Waals surface area contributed by atoms with Crippen LogP contribution in [0.2, 0.25) is 5.02 Å². The van der Waals surface area contributed by atoms with E-state index in [9.17, 15) is 9.59 Å². The van der Waals surface area contributed by atoms with Crippen LogP contribution < -0.4 is 15.8 Å². The molecule has 0 spiro atoms. The second-order valence-corrected chi connectivity index (χ2v) is 6.14. The van der Waals surface area contributed by atoms with Gasteiger partial charge in [-0.15, -0.1) is 0 Å². The second kappa shape index (κ2) is 6.26. The van der Waals surface area contributed by atoms with E-state index < -0.39 is 0 Å². The van der Waals surface area contributed by atoms with Gasteiger partial charge in [-0.1, -0.05) is 11.6 Å². The van der Waals surface area contributed by atoms with Gasteiger partial charge in [0.15, 0.2) is 6.23 Å². The number of hydrogen-bond acceptors (Lipinski definition) is 5. The Morgan fingerprint density at radius 3 is 2.91 bits per heavy atom. The van der Waals surface area contributed by atoms with E-state index in [4.69, 9.17) is 16.3 Å². The summed E-state index contributed by atoms with van der Waals surface area (Å²) in [5.74, 6) is -0.0883. The molecule has 7 nitrogen and oxygen atoms in total. The zero-order valence-electron chi connectivity index (χ0n) is 12.4. The van der Waals surface area contributed by atoms with E-state index in [-0.39, 0.29) is 35.3 Å². The van der Waals surface area contributed by atoms with E-state index in [2.05, 4.69) is 10.4 Å². The number of piperazine rings is 1. The van der Waals surface area contributed by atoms with Crippen molar-refractivity contribution in [1.82, 2.24) is 15.1 Å². The van der Waals surface area contributed by atoms with Crippen LogP contribution in [0.15, 0.2) is 11.0 Å². The highest BCUT2D eigenvalue weighted by molar-refractivity contribution is 6.33. The van der Waals surface area contributed by atoms with E-state index in [1.807, 2.05) is 6.92 Å². The van der Waals surface area contributed by atoms with Crippen LogP contribution in [-0.4, -0.2) is 41.4 Å². The number of ether oxygens (including phenoxy) is 1. The summed E-state index contributed by atoms with van der Waals surface area (Å²) in [5.41, 5.74) is 0.130. The Kier molecular flexibility index (Phi) is 4.35. The minimum atomic E-state index is -0.371. The molecule has 0 aliphatic carbocycles. The van der Waals surface area contributed by atoms with E-state index >= 15 is 0 Å². The number of rotatable bonds is 2. The third-order valence-electron chi connectivity index (χ3n) is 3.93. The lowest BCUT2D eigenvalue weighted by molar-refractivity contribution is -0.121. The van der Waals surface area contributed by atoms with Gasteiger partial charge >= 0.3 is 0 Å². The molecule has 22 heavy (non-hydrogen) atoms. The van der Waals surface area contributed by atoms with E-state index in [0.29, 0.717) is 18.8 Å². The molecule has 0 radical (unpaired) electrons. The van der Waals surface area contributed by atoms with Crippen LogP contribution in [0.1, 0.15) is 32.4 Å². The zero-order chi connectivity index (χ0) is 15.7. The van der Waals surface area contributed by atoms with Gasteiger partial charge < -0.3 is 15.0 Å². The van der Waals surface area contributed by atoms with Crippen molar-refractivity contribution in [3.8, 4) is 0 Å². The van der Waals surface area contributed by atoms with Crippen molar-refractivity contribution >= 4 is 23.2 Å².